The summed E-state index contributed by atoms with van der Waals surface area (Å²) in [6, 6.07) is 0. The Morgan fingerprint density at radius 3 is 2.38 bits per heavy atom. The van der Waals surface area contributed by atoms with E-state index in [1.165, 1.54) is 7.11 Å². The minimum atomic E-state index is -1.76. The third kappa shape index (κ3) is 8.78. The normalized spacial score (nSPS) is 14.8. The molecule has 0 aliphatic rings. The van der Waals surface area contributed by atoms with Gasteiger partial charge in [-0.2, -0.15) is 0 Å². The lowest BCUT2D eigenvalue weighted by Crippen LogP contribution is -2.43. The summed E-state index contributed by atoms with van der Waals surface area (Å²) in [5.74, 6) is -0.166. The van der Waals surface area contributed by atoms with Gasteiger partial charge in [0.1, 0.15) is 0 Å². The van der Waals surface area contributed by atoms with Gasteiger partial charge in [0.25, 0.3) is 0 Å². The van der Waals surface area contributed by atoms with Crippen LogP contribution in [0.3, 0.4) is 0 Å². The van der Waals surface area contributed by atoms with E-state index in [0.29, 0.717) is 12.8 Å². The first kappa shape index (κ1) is 20.9. The predicted octanol–water partition coefficient (Wildman–Crippen LogP) is 5.23. The number of esters is 1. The third-order valence-electron chi connectivity index (χ3n) is 3.82. The molecular formula is C16H29IO3Si. The van der Waals surface area contributed by atoms with Crippen LogP contribution in [0, 0.1) is 0 Å². The number of halogens is 1. The minimum Gasteiger partial charge on any atom is -0.469 e. The highest BCUT2D eigenvalue weighted by Crippen LogP contribution is 2.37. The largest absolute Gasteiger partial charge is 0.469 e. The highest BCUT2D eigenvalue weighted by molar-refractivity contribution is 14.1. The average Bonchev–Trinajstić information content (AvgIpc) is 2.36. The van der Waals surface area contributed by atoms with Crippen LogP contribution in [0.4, 0.5) is 0 Å². The van der Waals surface area contributed by atoms with E-state index >= 15 is 0 Å². The van der Waals surface area contributed by atoms with Crippen molar-refractivity contribution in [2.45, 2.75) is 64.3 Å². The zero-order valence-corrected chi connectivity index (χ0v) is 17.3. The molecule has 0 bridgehead atoms. The Morgan fingerprint density at radius 2 is 1.90 bits per heavy atom. The van der Waals surface area contributed by atoms with E-state index in [1.54, 1.807) is 0 Å². The molecule has 0 spiro atoms. The molecule has 0 rings (SSSR count). The van der Waals surface area contributed by atoms with Crippen LogP contribution in [0.5, 0.6) is 0 Å². The highest BCUT2D eigenvalue weighted by Gasteiger charge is 2.38. The molecule has 0 saturated heterocycles. The van der Waals surface area contributed by atoms with E-state index in [9.17, 15) is 4.79 Å². The van der Waals surface area contributed by atoms with E-state index < -0.39 is 8.32 Å². The molecule has 1 unspecified atom stereocenters. The van der Waals surface area contributed by atoms with Gasteiger partial charge in [0.05, 0.1) is 13.2 Å². The van der Waals surface area contributed by atoms with Crippen LogP contribution >= 0.6 is 22.6 Å². The summed E-state index contributed by atoms with van der Waals surface area (Å²) in [7, 11) is -0.343. The van der Waals surface area contributed by atoms with Crippen molar-refractivity contribution < 1.29 is 14.0 Å². The molecular weight excluding hydrogens is 395 g/mol. The summed E-state index contributed by atoms with van der Waals surface area (Å²) >= 11 is 2.23. The molecule has 0 aliphatic carbocycles. The minimum absolute atomic E-state index is 0.108. The lowest BCUT2D eigenvalue weighted by Gasteiger charge is -2.38. The zero-order chi connectivity index (χ0) is 16.5. The molecule has 0 saturated carbocycles. The molecule has 122 valence electrons. The van der Waals surface area contributed by atoms with Crippen LogP contribution in [-0.4, -0.2) is 27.5 Å². The van der Waals surface area contributed by atoms with E-state index in [4.69, 9.17) is 4.43 Å². The van der Waals surface area contributed by atoms with Gasteiger partial charge in [-0.1, -0.05) is 61.6 Å². The Labute approximate surface area is 144 Å². The number of ether oxygens (including phenoxy) is 1. The second-order valence-electron chi connectivity index (χ2n) is 6.56. The second kappa shape index (κ2) is 9.79. The molecule has 0 N–H and O–H groups in total. The topological polar surface area (TPSA) is 35.5 Å². The Balaban J connectivity index is 4.45. The van der Waals surface area contributed by atoms with E-state index in [-0.39, 0.29) is 17.1 Å². The van der Waals surface area contributed by atoms with Crippen molar-refractivity contribution in [2.24, 2.45) is 0 Å². The maximum absolute atomic E-state index is 11.0. The zero-order valence-electron chi connectivity index (χ0n) is 14.1. The van der Waals surface area contributed by atoms with Crippen LogP contribution in [0.1, 0.15) is 40.0 Å². The van der Waals surface area contributed by atoms with Crippen molar-refractivity contribution in [1.82, 2.24) is 0 Å². The molecule has 21 heavy (non-hydrogen) atoms. The number of carbonyl (C=O) groups is 1. The molecule has 0 aliphatic heterocycles. The molecule has 0 heterocycles. The van der Waals surface area contributed by atoms with Crippen LogP contribution in [0.2, 0.25) is 18.1 Å². The lowest BCUT2D eigenvalue weighted by atomic mass is 10.2. The number of allylic oxidation sites excluding steroid dienone is 1. The fourth-order valence-electron chi connectivity index (χ4n) is 1.45. The van der Waals surface area contributed by atoms with Crippen molar-refractivity contribution >= 4 is 36.9 Å². The Hall–Kier alpha value is -0.143. The number of rotatable bonds is 8. The number of carbonyl (C=O) groups excluding carboxylic acids is 1. The number of hydrogen-bond acceptors (Lipinski definition) is 3. The first-order chi connectivity index (χ1) is 9.64. The second-order valence-corrected chi connectivity index (χ2v) is 12.0. The van der Waals surface area contributed by atoms with Crippen molar-refractivity contribution in [3.05, 3.63) is 22.3 Å². The molecule has 3 nitrogen and oxygen atoms in total. The SMILES string of the molecule is COC(=O)CCC=CCC(C=CI)O[Si](C)(C)C(C)(C)C. The summed E-state index contributed by atoms with van der Waals surface area (Å²) < 4.78 is 13.0. The molecule has 0 fully saturated rings. The van der Waals surface area contributed by atoms with Crippen LogP contribution in [0.15, 0.2) is 22.3 Å². The predicted molar refractivity (Wildman–Crippen MR) is 100 cm³/mol. The van der Waals surface area contributed by atoms with Gasteiger partial charge in [-0.15, -0.1) is 0 Å². The van der Waals surface area contributed by atoms with Crippen LogP contribution in [0.25, 0.3) is 0 Å². The van der Waals surface area contributed by atoms with Gasteiger partial charge in [-0.05, 0) is 35.1 Å². The number of methoxy groups -OCH3 is 1. The summed E-state index contributed by atoms with van der Waals surface area (Å²) in [6.07, 6.45) is 8.32. The fourth-order valence-corrected chi connectivity index (χ4v) is 3.20. The van der Waals surface area contributed by atoms with E-state index in [2.05, 4.69) is 73.3 Å². The van der Waals surface area contributed by atoms with Crippen molar-refractivity contribution in [1.29, 1.82) is 0 Å². The molecule has 0 amide bonds. The summed E-state index contributed by atoms with van der Waals surface area (Å²) in [5.41, 5.74) is 0. The summed E-state index contributed by atoms with van der Waals surface area (Å²) in [5, 5.41) is 0.207. The van der Waals surface area contributed by atoms with Gasteiger partial charge in [-0.3, -0.25) is 4.79 Å². The van der Waals surface area contributed by atoms with Gasteiger partial charge in [-0.25, -0.2) is 0 Å². The molecule has 0 aromatic carbocycles. The quantitative estimate of drug-likeness (QED) is 0.232. The highest BCUT2D eigenvalue weighted by atomic mass is 127. The Morgan fingerprint density at radius 1 is 1.29 bits per heavy atom. The smallest absolute Gasteiger partial charge is 0.305 e. The van der Waals surface area contributed by atoms with E-state index in [0.717, 1.165) is 6.42 Å². The van der Waals surface area contributed by atoms with E-state index in [1.807, 2.05) is 10.2 Å². The summed E-state index contributed by atoms with van der Waals surface area (Å²) in [4.78, 5) is 11.0. The van der Waals surface area contributed by atoms with Gasteiger partial charge in [0.2, 0.25) is 0 Å². The molecule has 0 aromatic heterocycles. The first-order valence-corrected chi connectivity index (χ1v) is 11.5. The van der Waals surface area contributed by atoms with Gasteiger partial charge < -0.3 is 9.16 Å². The fraction of sp³-hybridized carbons (Fsp3) is 0.688. The van der Waals surface area contributed by atoms with Crippen molar-refractivity contribution in [3.8, 4) is 0 Å². The molecule has 5 heteroatoms. The van der Waals surface area contributed by atoms with Crippen LogP contribution in [-0.2, 0) is 14.0 Å². The van der Waals surface area contributed by atoms with Gasteiger partial charge >= 0.3 is 5.97 Å². The first-order valence-electron chi connectivity index (χ1n) is 7.30. The third-order valence-corrected chi connectivity index (χ3v) is 8.74. The number of hydrogen-bond donors (Lipinski definition) is 0. The lowest BCUT2D eigenvalue weighted by molar-refractivity contribution is -0.140. The van der Waals surface area contributed by atoms with Gasteiger partial charge in [0, 0.05) is 6.42 Å². The molecule has 1 atom stereocenters. The average molecular weight is 424 g/mol. The van der Waals surface area contributed by atoms with Crippen LogP contribution < -0.4 is 0 Å². The maximum Gasteiger partial charge on any atom is 0.305 e. The maximum atomic E-state index is 11.0. The van der Waals surface area contributed by atoms with Crippen molar-refractivity contribution in [3.63, 3.8) is 0 Å². The Kier molecular flexibility index (Phi) is 9.72. The summed E-state index contributed by atoms with van der Waals surface area (Å²) in [6.45, 7) is 11.3. The Bertz CT molecular complexity index is 370. The monoisotopic (exact) mass is 424 g/mol. The molecule has 0 radical (unpaired) electrons. The standard InChI is InChI=1S/C16H29IO3Si/c1-16(2,3)21(5,6)20-14(12-13-17)10-8-7-9-11-15(18)19-4/h7-8,12-14H,9-11H2,1-6H3. The van der Waals surface area contributed by atoms with Crippen molar-refractivity contribution in [2.75, 3.05) is 7.11 Å². The molecule has 0 aromatic rings. The van der Waals surface area contributed by atoms with Gasteiger partial charge in [0.15, 0.2) is 8.32 Å².